The molecule has 2 aromatic rings. The number of aliphatic hydroxyl groups excluding tert-OH is 1. The summed E-state index contributed by atoms with van der Waals surface area (Å²) < 4.78 is 16.5. The van der Waals surface area contributed by atoms with Crippen molar-refractivity contribution in [2.24, 2.45) is 0 Å². The van der Waals surface area contributed by atoms with Crippen molar-refractivity contribution in [3.8, 4) is 17.2 Å². The lowest BCUT2D eigenvalue weighted by atomic mass is 9.94. The van der Waals surface area contributed by atoms with Gasteiger partial charge in [0.05, 0.1) is 25.8 Å². The minimum Gasteiger partial charge on any atom is -0.507 e. The van der Waals surface area contributed by atoms with Crippen LogP contribution in [-0.2, 0) is 9.59 Å². The number of aliphatic hydroxyl groups is 1. The molecule has 1 fully saturated rings. The van der Waals surface area contributed by atoms with Crippen molar-refractivity contribution in [2.75, 3.05) is 47.0 Å². The highest BCUT2D eigenvalue weighted by atomic mass is 16.5. The van der Waals surface area contributed by atoms with Crippen LogP contribution in [0.3, 0.4) is 0 Å². The molecule has 1 heterocycles. The predicted molar refractivity (Wildman–Crippen MR) is 143 cm³/mol. The standard InChI is InChI=1S/C29H36N2O6/c1-7-16-37-22-12-11-21(17-19(22)4)27(32)25-26(20-10-13-23(35-5)24(18-20)36-6)31(29(34)28(25)33)15-14-30(8-2)9-3/h7,10-13,17-18,26,32H,1,8-9,14-16H2,2-6H3/t26-/m0/s1. The summed E-state index contributed by atoms with van der Waals surface area (Å²) in [5, 5.41) is 11.4. The van der Waals surface area contributed by atoms with Crippen molar-refractivity contribution in [3.63, 3.8) is 0 Å². The van der Waals surface area contributed by atoms with Gasteiger partial charge in [0.2, 0.25) is 0 Å². The molecule has 8 heteroatoms. The molecule has 0 aliphatic carbocycles. The van der Waals surface area contributed by atoms with Crippen LogP contribution in [0.15, 0.2) is 54.6 Å². The average Bonchev–Trinajstić information content (AvgIpc) is 3.17. The summed E-state index contributed by atoms with van der Waals surface area (Å²) in [6.45, 7) is 12.5. The number of ether oxygens (including phenoxy) is 3. The van der Waals surface area contributed by atoms with Crippen molar-refractivity contribution < 1.29 is 28.9 Å². The van der Waals surface area contributed by atoms with Crippen LogP contribution < -0.4 is 14.2 Å². The Bertz CT molecular complexity index is 1180. The van der Waals surface area contributed by atoms with E-state index in [1.54, 1.807) is 49.6 Å². The van der Waals surface area contributed by atoms with Crippen LogP contribution in [0.25, 0.3) is 5.76 Å². The number of ketones is 1. The zero-order valence-electron chi connectivity index (χ0n) is 22.2. The molecule has 1 amide bonds. The van der Waals surface area contributed by atoms with Crippen LogP contribution in [0.2, 0.25) is 0 Å². The second-order valence-electron chi connectivity index (χ2n) is 8.71. The number of benzene rings is 2. The summed E-state index contributed by atoms with van der Waals surface area (Å²) in [4.78, 5) is 30.3. The molecule has 1 saturated heterocycles. The summed E-state index contributed by atoms with van der Waals surface area (Å²) in [5.74, 6) is 0.0398. The molecule has 37 heavy (non-hydrogen) atoms. The first kappa shape index (κ1) is 27.8. The molecular formula is C29H36N2O6. The van der Waals surface area contributed by atoms with Gasteiger partial charge in [0.15, 0.2) is 11.5 Å². The maximum atomic E-state index is 13.4. The van der Waals surface area contributed by atoms with Crippen molar-refractivity contribution in [1.82, 2.24) is 9.80 Å². The Morgan fingerprint density at radius 3 is 2.32 bits per heavy atom. The first-order valence-corrected chi connectivity index (χ1v) is 12.4. The number of rotatable bonds is 12. The zero-order valence-corrected chi connectivity index (χ0v) is 22.2. The van der Waals surface area contributed by atoms with Gasteiger partial charge in [-0.1, -0.05) is 32.6 Å². The number of carbonyl (C=O) groups excluding carboxylic acids is 2. The van der Waals surface area contributed by atoms with E-state index in [0.29, 0.717) is 48.1 Å². The van der Waals surface area contributed by atoms with Gasteiger partial charge in [-0.2, -0.15) is 0 Å². The van der Waals surface area contributed by atoms with Crippen LogP contribution in [-0.4, -0.2) is 73.6 Å². The number of carbonyl (C=O) groups is 2. The number of methoxy groups -OCH3 is 2. The summed E-state index contributed by atoms with van der Waals surface area (Å²) in [7, 11) is 3.07. The second-order valence-corrected chi connectivity index (χ2v) is 8.71. The third-order valence-corrected chi connectivity index (χ3v) is 6.62. The number of hydrogen-bond donors (Lipinski definition) is 1. The molecule has 1 aliphatic rings. The topological polar surface area (TPSA) is 88.5 Å². The number of likely N-dealkylation sites (N-methyl/N-ethyl adjacent to an activating group) is 1. The van der Waals surface area contributed by atoms with E-state index in [1.807, 2.05) is 20.8 Å². The number of hydrogen-bond acceptors (Lipinski definition) is 7. The average molecular weight is 509 g/mol. The Kier molecular flexibility index (Phi) is 9.36. The largest absolute Gasteiger partial charge is 0.507 e. The van der Waals surface area contributed by atoms with Gasteiger partial charge in [-0.25, -0.2) is 0 Å². The van der Waals surface area contributed by atoms with E-state index in [2.05, 4.69) is 11.5 Å². The molecule has 198 valence electrons. The predicted octanol–water partition coefficient (Wildman–Crippen LogP) is 4.34. The summed E-state index contributed by atoms with van der Waals surface area (Å²) in [6, 6.07) is 9.62. The Hall–Kier alpha value is -3.78. The van der Waals surface area contributed by atoms with E-state index in [1.165, 1.54) is 12.0 Å². The van der Waals surface area contributed by atoms with Crippen molar-refractivity contribution in [1.29, 1.82) is 0 Å². The first-order valence-electron chi connectivity index (χ1n) is 12.4. The second kappa shape index (κ2) is 12.5. The fourth-order valence-electron chi connectivity index (χ4n) is 4.53. The SMILES string of the molecule is C=CCOc1ccc(C(O)=C2C(=O)C(=O)N(CCN(CC)CC)[C@H]2c2ccc(OC)c(OC)c2)cc1C. The molecule has 0 bridgehead atoms. The van der Waals surface area contributed by atoms with Gasteiger partial charge in [0, 0.05) is 18.7 Å². The Balaban J connectivity index is 2.14. The molecule has 0 saturated carbocycles. The van der Waals surface area contributed by atoms with Gasteiger partial charge in [0.1, 0.15) is 18.1 Å². The highest BCUT2D eigenvalue weighted by molar-refractivity contribution is 6.46. The van der Waals surface area contributed by atoms with Crippen LogP contribution in [0.4, 0.5) is 0 Å². The van der Waals surface area contributed by atoms with E-state index < -0.39 is 17.7 Å². The van der Waals surface area contributed by atoms with E-state index in [4.69, 9.17) is 14.2 Å². The van der Waals surface area contributed by atoms with E-state index in [9.17, 15) is 14.7 Å². The highest BCUT2D eigenvalue weighted by Crippen LogP contribution is 2.42. The lowest BCUT2D eigenvalue weighted by Gasteiger charge is -2.28. The number of likely N-dealkylation sites (tertiary alicyclic amines) is 1. The number of Topliss-reactive ketones (excluding diaryl/α,β-unsaturated/α-hetero) is 1. The third kappa shape index (κ3) is 5.80. The minimum atomic E-state index is -0.785. The molecule has 3 rings (SSSR count). The fraction of sp³-hybridized carbons (Fsp3) is 0.379. The summed E-state index contributed by atoms with van der Waals surface area (Å²) in [6.07, 6.45) is 1.65. The zero-order chi connectivity index (χ0) is 27.1. The van der Waals surface area contributed by atoms with Crippen molar-refractivity contribution in [2.45, 2.75) is 26.8 Å². The van der Waals surface area contributed by atoms with Crippen LogP contribution in [0, 0.1) is 6.92 Å². The maximum absolute atomic E-state index is 13.4. The van der Waals surface area contributed by atoms with Crippen molar-refractivity contribution >= 4 is 17.4 Å². The molecule has 1 N–H and O–H groups in total. The fourth-order valence-corrected chi connectivity index (χ4v) is 4.53. The Morgan fingerprint density at radius 2 is 1.73 bits per heavy atom. The number of nitrogens with zero attached hydrogens (tertiary/aromatic N) is 2. The molecule has 1 aliphatic heterocycles. The molecule has 1 atom stereocenters. The van der Waals surface area contributed by atoms with E-state index >= 15 is 0 Å². The molecule has 0 unspecified atom stereocenters. The molecule has 8 nitrogen and oxygen atoms in total. The van der Waals surface area contributed by atoms with Gasteiger partial charge < -0.3 is 29.1 Å². The molecule has 0 aromatic heterocycles. The number of amides is 1. The normalized spacial score (nSPS) is 16.8. The number of aryl methyl sites for hydroxylation is 1. The van der Waals surface area contributed by atoms with Gasteiger partial charge in [-0.3, -0.25) is 9.59 Å². The Morgan fingerprint density at radius 1 is 1.05 bits per heavy atom. The monoisotopic (exact) mass is 508 g/mol. The Labute approximate surface area is 218 Å². The lowest BCUT2D eigenvalue weighted by molar-refractivity contribution is -0.140. The quantitative estimate of drug-likeness (QED) is 0.197. The summed E-state index contributed by atoms with van der Waals surface area (Å²) in [5.41, 5.74) is 1.89. The van der Waals surface area contributed by atoms with Crippen LogP contribution >= 0.6 is 0 Å². The van der Waals surface area contributed by atoms with Gasteiger partial charge in [0.25, 0.3) is 11.7 Å². The van der Waals surface area contributed by atoms with Crippen molar-refractivity contribution in [3.05, 3.63) is 71.3 Å². The lowest BCUT2D eigenvalue weighted by Crippen LogP contribution is -2.38. The highest BCUT2D eigenvalue weighted by Gasteiger charge is 2.46. The molecule has 0 spiro atoms. The van der Waals surface area contributed by atoms with Gasteiger partial charge in [-0.05, 0) is 61.5 Å². The smallest absolute Gasteiger partial charge is 0.295 e. The van der Waals surface area contributed by atoms with Crippen LogP contribution in [0.1, 0.15) is 36.6 Å². The molecular weight excluding hydrogens is 472 g/mol. The maximum Gasteiger partial charge on any atom is 0.295 e. The van der Waals surface area contributed by atoms with Crippen LogP contribution in [0.5, 0.6) is 17.2 Å². The molecule has 0 radical (unpaired) electrons. The minimum absolute atomic E-state index is 0.0379. The summed E-state index contributed by atoms with van der Waals surface area (Å²) >= 11 is 0. The van der Waals surface area contributed by atoms with Gasteiger partial charge in [-0.15, -0.1) is 0 Å². The van der Waals surface area contributed by atoms with Gasteiger partial charge >= 0.3 is 0 Å². The molecule has 2 aromatic carbocycles. The first-order chi connectivity index (χ1) is 17.8. The van der Waals surface area contributed by atoms with E-state index in [0.717, 1.165) is 18.7 Å². The third-order valence-electron chi connectivity index (χ3n) is 6.62. The van der Waals surface area contributed by atoms with E-state index in [-0.39, 0.29) is 11.3 Å².